The second-order valence-electron chi connectivity index (χ2n) is 2.30. The van der Waals surface area contributed by atoms with Crippen LogP contribution in [0, 0.1) is 0 Å². The van der Waals surface area contributed by atoms with Gasteiger partial charge in [-0.1, -0.05) is 15.9 Å². The Balaban J connectivity index is 2.83. The fraction of sp³-hybridized carbons (Fsp3) is 0.143. The van der Waals surface area contributed by atoms with Gasteiger partial charge in [-0.3, -0.25) is 5.32 Å². The van der Waals surface area contributed by atoms with Crippen molar-refractivity contribution in [3.63, 3.8) is 0 Å². The summed E-state index contributed by atoms with van der Waals surface area (Å²) >= 11 is 3.23. The van der Waals surface area contributed by atoms with Crippen LogP contribution in [0.1, 0.15) is 0 Å². The average Bonchev–Trinajstić information content (AvgIpc) is 2.02. The van der Waals surface area contributed by atoms with Crippen LogP contribution >= 0.6 is 15.9 Å². The molecule has 0 saturated carbocycles. The third kappa shape index (κ3) is 2.90. The molecular formula is C7H9BrN4O. The van der Waals surface area contributed by atoms with Crippen molar-refractivity contribution >= 4 is 33.6 Å². The molecule has 0 bridgehead atoms. The topological polar surface area (TPSA) is 80.0 Å². The van der Waals surface area contributed by atoms with Crippen LogP contribution in [0.2, 0.25) is 0 Å². The number of pyridine rings is 1. The van der Waals surface area contributed by atoms with Crippen molar-refractivity contribution in [2.75, 3.05) is 18.1 Å². The number of nitrogens with one attached hydrogen (secondary N) is 2. The van der Waals surface area contributed by atoms with Crippen molar-refractivity contribution in [3.05, 3.63) is 16.6 Å². The van der Waals surface area contributed by atoms with E-state index in [0.29, 0.717) is 11.6 Å². The number of carbonyl (C=O) groups is 1. The first-order valence-corrected chi connectivity index (χ1v) is 4.33. The Morgan fingerprint density at radius 1 is 1.62 bits per heavy atom. The second-order valence-corrected chi connectivity index (χ2v) is 3.22. The molecule has 0 aliphatic rings. The monoisotopic (exact) mass is 244 g/mol. The number of nitrogens with zero attached hydrogens (tertiary/aromatic N) is 1. The molecule has 4 N–H and O–H groups in total. The number of nitrogen functional groups attached to an aromatic ring is 1. The summed E-state index contributed by atoms with van der Waals surface area (Å²) in [7, 11) is 1.52. The van der Waals surface area contributed by atoms with Gasteiger partial charge >= 0.3 is 6.03 Å². The lowest BCUT2D eigenvalue weighted by Gasteiger charge is -2.04. The zero-order valence-electron chi connectivity index (χ0n) is 6.97. The molecule has 1 heterocycles. The molecule has 0 spiro atoms. The van der Waals surface area contributed by atoms with E-state index in [4.69, 9.17) is 5.73 Å². The fourth-order valence-electron chi connectivity index (χ4n) is 0.760. The zero-order chi connectivity index (χ0) is 9.84. The zero-order valence-corrected chi connectivity index (χ0v) is 8.55. The highest BCUT2D eigenvalue weighted by Gasteiger charge is 2.01. The van der Waals surface area contributed by atoms with E-state index in [9.17, 15) is 4.79 Å². The minimum absolute atomic E-state index is 0.329. The SMILES string of the molecule is CNC(=O)Nc1cc(Br)cc(N)n1. The highest BCUT2D eigenvalue weighted by molar-refractivity contribution is 9.10. The highest BCUT2D eigenvalue weighted by Crippen LogP contribution is 2.16. The molecule has 1 aromatic heterocycles. The van der Waals surface area contributed by atoms with E-state index >= 15 is 0 Å². The maximum atomic E-state index is 10.9. The summed E-state index contributed by atoms with van der Waals surface area (Å²) in [5.74, 6) is 0.756. The number of rotatable bonds is 1. The van der Waals surface area contributed by atoms with E-state index in [1.807, 2.05) is 0 Å². The summed E-state index contributed by atoms with van der Waals surface area (Å²) in [6, 6.07) is 2.98. The standard InChI is InChI=1S/C7H9BrN4O/c1-10-7(13)12-6-3-4(8)2-5(9)11-6/h2-3H,1H3,(H4,9,10,11,12,13). The fourth-order valence-corrected chi connectivity index (χ4v) is 1.21. The van der Waals surface area contributed by atoms with E-state index < -0.39 is 0 Å². The Morgan fingerprint density at radius 3 is 2.85 bits per heavy atom. The summed E-state index contributed by atoms with van der Waals surface area (Å²) in [5.41, 5.74) is 5.46. The molecule has 0 unspecified atom stereocenters. The Labute approximate surface area is 83.8 Å². The minimum atomic E-state index is -0.329. The number of urea groups is 1. The molecule has 2 amide bonds. The van der Waals surface area contributed by atoms with Crippen molar-refractivity contribution in [2.45, 2.75) is 0 Å². The molecule has 1 rings (SSSR count). The van der Waals surface area contributed by atoms with Crippen molar-refractivity contribution in [3.8, 4) is 0 Å². The Bertz CT molecular complexity index is 308. The maximum Gasteiger partial charge on any atom is 0.320 e. The number of anilines is 2. The summed E-state index contributed by atoms with van der Waals surface area (Å²) in [6.07, 6.45) is 0. The van der Waals surface area contributed by atoms with Gasteiger partial charge in [0, 0.05) is 11.5 Å². The van der Waals surface area contributed by atoms with Crippen molar-refractivity contribution in [1.82, 2.24) is 10.3 Å². The molecule has 0 aliphatic carbocycles. The first kappa shape index (κ1) is 9.79. The molecule has 0 fully saturated rings. The van der Waals surface area contributed by atoms with Gasteiger partial charge in [-0.2, -0.15) is 0 Å². The second kappa shape index (κ2) is 4.08. The summed E-state index contributed by atoms with van der Waals surface area (Å²) in [5, 5.41) is 4.91. The van der Waals surface area contributed by atoms with Crippen LogP contribution in [0.5, 0.6) is 0 Å². The summed E-state index contributed by atoms with van der Waals surface area (Å²) in [6.45, 7) is 0. The molecule has 1 aromatic rings. The van der Waals surface area contributed by atoms with E-state index in [0.717, 1.165) is 4.47 Å². The third-order valence-corrected chi connectivity index (χ3v) is 1.74. The molecule has 0 aromatic carbocycles. The molecule has 70 valence electrons. The van der Waals surface area contributed by atoms with Crippen molar-refractivity contribution < 1.29 is 4.79 Å². The van der Waals surface area contributed by atoms with Crippen LogP contribution in [-0.2, 0) is 0 Å². The first-order valence-electron chi connectivity index (χ1n) is 3.53. The van der Waals surface area contributed by atoms with Gasteiger partial charge in [-0.25, -0.2) is 9.78 Å². The highest BCUT2D eigenvalue weighted by atomic mass is 79.9. The lowest BCUT2D eigenvalue weighted by Crippen LogP contribution is -2.25. The van der Waals surface area contributed by atoms with E-state index in [1.165, 1.54) is 7.05 Å². The minimum Gasteiger partial charge on any atom is -0.384 e. The number of hydrogen-bond acceptors (Lipinski definition) is 3. The molecule has 0 saturated heterocycles. The van der Waals surface area contributed by atoms with Gasteiger partial charge in [0.2, 0.25) is 0 Å². The first-order chi connectivity index (χ1) is 6.11. The number of halogens is 1. The van der Waals surface area contributed by atoms with Gasteiger partial charge in [0.05, 0.1) is 0 Å². The molecule has 6 heteroatoms. The molecule has 0 atom stereocenters. The van der Waals surface area contributed by atoms with Gasteiger partial charge in [0.15, 0.2) is 0 Å². The van der Waals surface area contributed by atoms with Crippen LogP contribution in [0.4, 0.5) is 16.4 Å². The van der Waals surface area contributed by atoms with Gasteiger partial charge in [-0.15, -0.1) is 0 Å². The average molecular weight is 245 g/mol. The summed E-state index contributed by atoms with van der Waals surface area (Å²) in [4.78, 5) is 14.8. The predicted molar refractivity (Wildman–Crippen MR) is 54.4 cm³/mol. The van der Waals surface area contributed by atoms with Gasteiger partial charge in [0.25, 0.3) is 0 Å². The number of amides is 2. The smallest absolute Gasteiger partial charge is 0.320 e. The maximum absolute atomic E-state index is 10.9. The van der Waals surface area contributed by atoms with Crippen LogP contribution in [0.15, 0.2) is 16.6 Å². The molecule has 5 nitrogen and oxygen atoms in total. The van der Waals surface area contributed by atoms with Crippen LogP contribution in [0.25, 0.3) is 0 Å². The molecule has 0 aliphatic heterocycles. The normalized spacial score (nSPS) is 9.38. The van der Waals surface area contributed by atoms with Gasteiger partial charge < -0.3 is 11.1 Å². The lowest BCUT2D eigenvalue weighted by atomic mass is 10.4. The van der Waals surface area contributed by atoms with Crippen LogP contribution in [-0.4, -0.2) is 18.1 Å². The lowest BCUT2D eigenvalue weighted by molar-refractivity contribution is 0.254. The van der Waals surface area contributed by atoms with Crippen molar-refractivity contribution in [1.29, 1.82) is 0 Å². The Kier molecular flexibility index (Phi) is 3.07. The van der Waals surface area contributed by atoms with E-state index in [-0.39, 0.29) is 6.03 Å². The molecule has 13 heavy (non-hydrogen) atoms. The Morgan fingerprint density at radius 2 is 2.31 bits per heavy atom. The molecule has 0 radical (unpaired) electrons. The van der Waals surface area contributed by atoms with Crippen molar-refractivity contribution in [2.24, 2.45) is 0 Å². The van der Waals surface area contributed by atoms with Crippen LogP contribution in [0.3, 0.4) is 0 Å². The predicted octanol–water partition coefficient (Wildman–Crippen LogP) is 1.18. The van der Waals surface area contributed by atoms with E-state index in [1.54, 1.807) is 12.1 Å². The Hall–Kier alpha value is -1.30. The van der Waals surface area contributed by atoms with Crippen LogP contribution < -0.4 is 16.4 Å². The summed E-state index contributed by atoms with van der Waals surface area (Å²) < 4.78 is 0.770. The largest absolute Gasteiger partial charge is 0.384 e. The number of nitrogens with two attached hydrogens (primary N) is 1. The van der Waals surface area contributed by atoms with Gasteiger partial charge in [0.1, 0.15) is 11.6 Å². The molecular weight excluding hydrogens is 236 g/mol. The number of aromatic nitrogens is 1. The van der Waals surface area contributed by atoms with Gasteiger partial charge in [-0.05, 0) is 12.1 Å². The quantitative estimate of drug-likeness (QED) is 0.694. The number of hydrogen-bond donors (Lipinski definition) is 3. The number of carbonyl (C=O) groups excluding carboxylic acids is 1. The van der Waals surface area contributed by atoms with E-state index in [2.05, 4.69) is 31.5 Å². The third-order valence-electron chi connectivity index (χ3n) is 1.28.